The molecule has 0 aromatic heterocycles. The summed E-state index contributed by atoms with van der Waals surface area (Å²) in [6, 6.07) is 0.259. The van der Waals surface area contributed by atoms with E-state index in [-0.39, 0.29) is 11.9 Å². The van der Waals surface area contributed by atoms with E-state index in [9.17, 15) is 4.79 Å². The molecule has 16 heavy (non-hydrogen) atoms. The van der Waals surface area contributed by atoms with Crippen molar-refractivity contribution in [2.24, 2.45) is 11.8 Å². The molecule has 4 nitrogen and oxygen atoms in total. The van der Waals surface area contributed by atoms with Crippen LogP contribution in [-0.4, -0.2) is 49.6 Å². The van der Waals surface area contributed by atoms with Crippen LogP contribution < -0.4 is 10.6 Å². The van der Waals surface area contributed by atoms with Crippen LogP contribution >= 0.6 is 0 Å². The van der Waals surface area contributed by atoms with Crippen LogP contribution in [0.25, 0.3) is 0 Å². The number of likely N-dealkylation sites (tertiary alicyclic amines) is 1. The van der Waals surface area contributed by atoms with Crippen molar-refractivity contribution in [1.29, 1.82) is 0 Å². The summed E-state index contributed by atoms with van der Waals surface area (Å²) in [4.78, 5) is 13.9. The van der Waals surface area contributed by atoms with Crippen LogP contribution in [0.4, 0.5) is 0 Å². The summed E-state index contributed by atoms with van der Waals surface area (Å²) >= 11 is 0. The largest absolute Gasteiger partial charge is 0.354 e. The second-order valence-corrected chi connectivity index (χ2v) is 5.41. The van der Waals surface area contributed by atoms with Gasteiger partial charge in [-0.3, -0.25) is 4.79 Å². The molecule has 0 aromatic rings. The highest BCUT2D eigenvalue weighted by Gasteiger charge is 2.35. The Morgan fingerprint density at radius 3 is 2.56 bits per heavy atom. The highest BCUT2D eigenvalue weighted by Crippen LogP contribution is 2.25. The lowest BCUT2D eigenvalue weighted by molar-refractivity contribution is -0.121. The number of nitrogens with zero attached hydrogens (tertiary/aromatic N) is 1. The molecule has 0 unspecified atom stereocenters. The van der Waals surface area contributed by atoms with Crippen molar-refractivity contribution in [2.75, 3.05) is 32.7 Å². The Balaban J connectivity index is 1.66. The van der Waals surface area contributed by atoms with Gasteiger partial charge in [-0.1, -0.05) is 0 Å². The molecular formula is C12H23N3O. The molecule has 2 saturated heterocycles. The van der Waals surface area contributed by atoms with Gasteiger partial charge in [-0.2, -0.15) is 0 Å². The molecule has 2 rings (SSSR count). The van der Waals surface area contributed by atoms with E-state index in [2.05, 4.69) is 15.5 Å². The standard InChI is InChI=1S/C12H23N3O/c1-9(2)14-12(16)3-4-15-7-10-5-13-6-11(10)8-15/h9-11,13H,3-8H2,1-2H3,(H,14,16)/t10-,11+. The third-order valence-electron chi connectivity index (χ3n) is 3.57. The van der Waals surface area contributed by atoms with Crippen LogP contribution in [-0.2, 0) is 4.79 Å². The lowest BCUT2D eigenvalue weighted by atomic mass is 10.0. The average molecular weight is 225 g/mol. The monoisotopic (exact) mass is 225 g/mol. The first kappa shape index (κ1) is 11.9. The third kappa shape index (κ3) is 2.95. The molecule has 2 aliphatic rings. The highest BCUT2D eigenvalue weighted by atomic mass is 16.1. The van der Waals surface area contributed by atoms with Gasteiger partial charge in [-0.25, -0.2) is 0 Å². The fourth-order valence-corrected chi connectivity index (χ4v) is 2.79. The fourth-order valence-electron chi connectivity index (χ4n) is 2.79. The number of rotatable bonds is 4. The molecule has 0 aromatic carbocycles. The predicted octanol–water partition coefficient (Wildman–Crippen LogP) is 0.0523. The number of fused-ring (bicyclic) bond motifs is 1. The summed E-state index contributed by atoms with van der Waals surface area (Å²) in [5.74, 6) is 1.84. The summed E-state index contributed by atoms with van der Waals surface area (Å²) in [7, 11) is 0. The van der Waals surface area contributed by atoms with Crippen molar-refractivity contribution in [2.45, 2.75) is 26.3 Å². The highest BCUT2D eigenvalue weighted by molar-refractivity contribution is 5.76. The van der Waals surface area contributed by atoms with Gasteiger partial charge in [0.05, 0.1) is 0 Å². The van der Waals surface area contributed by atoms with E-state index < -0.39 is 0 Å². The van der Waals surface area contributed by atoms with Gasteiger partial charge >= 0.3 is 0 Å². The first-order valence-corrected chi connectivity index (χ1v) is 6.37. The Hall–Kier alpha value is -0.610. The van der Waals surface area contributed by atoms with E-state index in [1.165, 1.54) is 26.2 Å². The number of carbonyl (C=O) groups excluding carboxylic acids is 1. The summed E-state index contributed by atoms with van der Waals surface area (Å²) < 4.78 is 0. The van der Waals surface area contributed by atoms with E-state index in [1.807, 2.05) is 13.8 Å². The van der Waals surface area contributed by atoms with E-state index >= 15 is 0 Å². The number of hydrogen-bond acceptors (Lipinski definition) is 3. The maximum absolute atomic E-state index is 11.5. The van der Waals surface area contributed by atoms with Gasteiger partial charge < -0.3 is 15.5 Å². The van der Waals surface area contributed by atoms with Gasteiger partial charge in [0.15, 0.2) is 0 Å². The molecule has 0 saturated carbocycles. The molecule has 2 N–H and O–H groups in total. The molecule has 2 aliphatic heterocycles. The SMILES string of the molecule is CC(C)NC(=O)CCN1C[C@H]2CNC[C@H]2C1. The van der Waals surface area contributed by atoms with Crippen LogP contribution in [0.2, 0.25) is 0 Å². The van der Waals surface area contributed by atoms with Crippen LogP contribution in [0.1, 0.15) is 20.3 Å². The predicted molar refractivity (Wildman–Crippen MR) is 64.2 cm³/mol. The molecule has 92 valence electrons. The quantitative estimate of drug-likeness (QED) is 0.711. The molecule has 0 radical (unpaired) electrons. The van der Waals surface area contributed by atoms with Crippen LogP contribution in [0, 0.1) is 11.8 Å². The Morgan fingerprint density at radius 2 is 2.00 bits per heavy atom. The second-order valence-electron chi connectivity index (χ2n) is 5.41. The Morgan fingerprint density at radius 1 is 1.38 bits per heavy atom. The minimum Gasteiger partial charge on any atom is -0.354 e. The normalized spacial score (nSPS) is 29.7. The van der Waals surface area contributed by atoms with Crippen LogP contribution in [0.15, 0.2) is 0 Å². The van der Waals surface area contributed by atoms with E-state index in [0.717, 1.165) is 18.4 Å². The molecule has 1 amide bonds. The Kier molecular flexibility index (Phi) is 3.82. The summed E-state index contributed by atoms with van der Waals surface area (Å²) in [6.45, 7) is 9.61. The molecule has 0 bridgehead atoms. The average Bonchev–Trinajstić information content (AvgIpc) is 2.72. The third-order valence-corrected chi connectivity index (χ3v) is 3.57. The molecule has 4 heteroatoms. The number of carbonyl (C=O) groups is 1. The topological polar surface area (TPSA) is 44.4 Å². The zero-order valence-corrected chi connectivity index (χ0v) is 10.3. The van der Waals surface area contributed by atoms with Gasteiger partial charge in [0.25, 0.3) is 0 Å². The van der Waals surface area contributed by atoms with Gasteiger partial charge in [-0.15, -0.1) is 0 Å². The smallest absolute Gasteiger partial charge is 0.221 e. The van der Waals surface area contributed by atoms with Crippen LogP contribution in [0.3, 0.4) is 0 Å². The number of nitrogens with one attached hydrogen (secondary N) is 2. The summed E-state index contributed by atoms with van der Waals surface area (Å²) in [6.07, 6.45) is 0.644. The van der Waals surface area contributed by atoms with Crippen molar-refractivity contribution in [3.8, 4) is 0 Å². The lowest BCUT2D eigenvalue weighted by Crippen LogP contribution is -2.34. The maximum Gasteiger partial charge on any atom is 0.221 e. The van der Waals surface area contributed by atoms with Gasteiger partial charge in [-0.05, 0) is 38.8 Å². The van der Waals surface area contributed by atoms with Crippen LogP contribution in [0.5, 0.6) is 0 Å². The zero-order chi connectivity index (χ0) is 11.5. The van der Waals surface area contributed by atoms with Crippen molar-refractivity contribution in [1.82, 2.24) is 15.5 Å². The van der Waals surface area contributed by atoms with Gasteiger partial charge in [0.1, 0.15) is 0 Å². The van der Waals surface area contributed by atoms with Gasteiger partial charge in [0, 0.05) is 32.1 Å². The summed E-state index contributed by atoms with van der Waals surface area (Å²) in [5, 5.41) is 6.37. The maximum atomic E-state index is 11.5. The van der Waals surface area contributed by atoms with Gasteiger partial charge in [0.2, 0.25) is 5.91 Å². The molecule has 2 fully saturated rings. The first-order valence-electron chi connectivity index (χ1n) is 6.37. The van der Waals surface area contributed by atoms with E-state index in [0.29, 0.717) is 6.42 Å². The zero-order valence-electron chi connectivity index (χ0n) is 10.3. The Labute approximate surface area is 97.8 Å². The second kappa shape index (κ2) is 5.15. The molecule has 0 spiro atoms. The Bertz CT molecular complexity index is 243. The van der Waals surface area contributed by atoms with Crippen molar-refractivity contribution < 1.29 is 4.79 Å². The minimum absolute atomic E-state index is 0.185. The van der Waals surface area contributed by atoms with Crippen molar-refractivity contribution in [3.05, 3.63) is 0 Å². The lowest BCUT2D eigenvalue weighted by Gasteiger charge is -2.17. The fraction of sp³-hybridized carbons (Fsp3) is 0.917. The minimum atomic E-state index is 0.185. The molecular weight excluding hydrogens is 202 g/mol. The number of amides is 1. The first-order chi connectivity index (χ1) is 7.65. The number of hydrogen-bond donors (Lipinski definition) is 2. The summed E-state index contributed by atoms with van der Waals surface area (Å²) in [5.41, 5.74) is 0. The van der Waals surface area contributed by atoms with E-state index in [1.54, 1.807) is 0 Å². The molecule has 2 heterocycles. The van der Waals surface area contributed by atoms with Crippen molar-refractivity contribution >= 4 is 5.91 Å². The van der Waals surface area contributed by atoms with Crippen molar-refractivity contribution in [3.63, 3.8) is 0 Å². The van der Waals surface area contributed by atoms with E-state index in [4.69, 9.17) is 0 Å². The molecule has 2 atom stereocenters. The molecule has 0 aliphatic carbocycles.